The summed E-state index contributed by atoms with van der Waals surface area (Å²) in [7, 11) is 0. The van der Waals surface area contributed by atoms with Crippen LogP contribution >= 0.6 is 0 Å². The highest BCUT2D eigenvalue weighted by molar-refractivity contribution is 5.99. The van der Waals surface area contributed by atoms with Crippen molar-refractivity contribution in [2.24, 2.45) is 5.73 Å². The second-order valence-corrected chi connectivity index (χ2v) is 4.80. The Balaban J connectivity index is 2.04. The number of H-pyrrole nitrogens is 1. The van der Waals surface area contributed by atoms with E-state index in [1.54, 1.807) is 17.9 Å². The van der Waals surface area contributed by atoms with E-state index in [1.807, 2.05) is 0 Å². The standard InChI is InChI=1S/C12H18N4O3/c1-7-6-9(10(14-7)11(17)18)15-12(19)16-4-2-8(13)3-5-16/h6,8,14H,2-5,13H2,1H3,(H,15,19)(H,17,18). The summed E-state index contributed by atoms with van der Waals surface area (Å²) in [5, 5.41) is 11.7. The summed E-state index contributed by atoms with van der Waals surface area (Å²) in [6.07, 6.45) is 1.54. The van der Waals surface area contributed by atoms with Gasteiger partial charge in [-0.2, -0.15) is 0 Å². The Kier molecular flexibility index (Phi) is 3.75. The summed E-state index contributed by atoms with van der Waals surface area (Å²) in [5.41, 5.74) is 6.76. The van der Waals surface area contributed by atoms with Crippen molar-refractivity contribution in [3.05, 3.63) is 17.5 Å². The number of hydrogen-bond acceptors (Lipinski definition) is 3. The van der Waals surface area contributed by atoms with Gasteiger partial charge < -0.3 is 26.0 Å². The Labute approximate surface area is 110 Å². The molecule has 0 bridgehead atoms. The van der Waals surface area contributed by atoms with Crippen molar-refractivity contribution in [2.45, 2.75) is 25.8 Å². The maximum absolute atomic E-state index is 12.0. The van der Waals surface area contributed by atoms with E-state index in [0.29, 0.717) is 24.5 Å². The number of rotatable bonds is 2. The van der Waals surface area contributed by atoms with Crippen LogP contribution in [-0.4, -0.2) is 46.1 Å². The SMILES string of the molecule is Cc1cc(NC(=O)N2CCC(N)CC2)c(C(=O)O)[nH]1. The van der Waals surface area contributed by atoms with E-state index in [-0.39, 0.29) is 17.8 Å². The summed E-state index contributed by atoms with van der Waals surface area (Å²) in [4.78, 5) is 27.4. The van der Waals surface area contributed by atoms with Gasteiger partial charge in [0, 0.05) is 24.8 Å². The summed E-state index contributed by atoms with van der Waals surface area (Å²) >= 11 is 0. The molecule has 0 spiro atoms. The number of aromatic nitrogens is 1. The molecule has 19 heavy (non-hydrogen) atoms. The number of carbonyl (C=O) groups is 2. The highest BCUT2D eigenvalue weighted by Crippen LogP contribution is 2.18. The van der Waals surface area contributed by atoms with Crippen molar-refractivity contribution in [2.75, 3.05) is 18.4 Å². The Morgan fingerprint density at radius 3 is 2.68 bits per heavy atom. The number of likely N-dealkylation sites (tertiary alicyclic amines) is 1. The molecule has 2 heterocycles. The molecular weight excluding hydrogens is 248 g/mol. The fraction of sp³-hybridized carbons (Fsp3) is 0.500. The summed E-state index contributed by atoms with van der Waals surface area (Å²) in [6, 6.07) is 1.47. The molecule has 0 saturated carbocycles. The number of aromatic carboxylic acids is 1. The van der Waals surface area contributed by atoms with Crippen molar-refractivity contribution < 1.29 is 14.7 Å². The van der Waals surface area contributed by atoms with Gasteiger partial charge in [0.25, 0.3) is 0 Å². The van der Waals surface area contributed by atoms with Gasteiger partial charge in [-0.1, -0.05) is 0 Å². The van der Waals surface area contributed by atoms with E-state index in [4.69, 9.17) is 10.8 Å². The molecular formula is C12H18N4O3. The van der Waals surface area contributed by atoms with Crippen LogP contribution in [0.3, 0.4) is 0 Å². The summed E-state index contributed by atoms with van der Waals surface area (Å²) in [6.45, 7) is 2.93. The second-order valence-electron chi connectivity index (χ2n) is 4.80. The van der Waals surface area contributed by atoms with Gasteiger partial charge in [-0.25, -0.2) is 9.59 Å². The molecule has 0 aliphatic carbocycles. The first kappa shape index (κ1) is 13.4. The monoisotopic (exact) mass is 266 g/mol. The first-order valence-corrected chi connectivity index (χ1v) is 6.22. The predicted octanol–water partition coefficient (Wildman–Crippen LogP) is 0.976. The molecule has 0 unspecified atom stereocenters. The van der Waals surface area contributed by atoms with Gasteiger partial charge >= 0.3 is 12.0 Å². The summed E-state index contributed by atoms with van der Waals surface area (Å²) in [5.74, 6) is -1.09. The molecule has 7 heteroatoms. The smallest absolute Gasteiger partial charge is 0.354 e. The minimum absolute atomic E-state index is 0.000407. The number of nitrogens with zero attached hydrogens (tertiary/aromatic N) is 1. The average molecular weight is 266 g/mol. The van der Waals surface area contributed by atoms with Crippen LogP contribution in [0.15, 0.2) is 6.07 Å². The van der Waals surface area contributed by atoms with Crippen LogP contribution in [0.4, 0.5) is 10.5 Å². The number of piperidine rings is 1. The van der Waals surface area contributed by atoms with E-state index >= 15 is 0 Å². The lowest BCUT2D eigenvalue weighted by molar-refractivity contribution is 0.0692. The van der Waals surface area contributed by atoms with Crippen LogP contribution < -0.4 is 11.1 Å². The van der Waals surface area contributed by atoms with Crippen LogP contribution in [0.2, 0.25) is 0 Å². The first-order chi connectivity index (χ1) is 8.97. The third kappa shape index (κ3) is 3.05. The number of carboxylic acid groups (broad SMARTS) is 1. The molecule has 2 amide bonds. The lowest BCUT2D eigenvalue weighted by Crippen LogP contribution is -2.44. The molecule has 0 radical (unpaired) electrons. The van der Waals surface area contributed by atoms with Gasteiger partial charge in [0.05, 0.1) is 5.69 Å². The number of carbonyl (C=O) groups excluding carboxylic acids is 1. The molecule has 104 valence electrons. The number of aromatic amines is 1. The van der Waals surface area contributed by atoms with E-state index in [9.17, 15) is 9.59 Å². The number of carboxylic acids is 1. The van der Waals surface area contributed by atoms with Gasteiger partial charge in [0.15, 0.2) is 0 Å². The van der Waals surface area contributed by atoms with Crippen LogP contribution in [0, 0.1) is 6.92 Å². The molecule has 2 rings (SSSR count). The molecule has 0 atom stereocenters. The molecule has 1 fully saturated rings. The Morgan fingerprint density at radius 1 is 1.47 bits per heavy atom. The van der Waals surface area contributed by atoms with Crippen LogP contribution in [-0.2, 0) is 0 Å². The molecule has 0 aromatic carbocycles. The minimum atomic E-state index is -1.09. The van der Waals surface area contributed by atoms with Gasteiger partial charge in [-0.05, 0) is 25.8 Å². The number of nitrogens with two attached hydrogens (primary N) is 1. The zero-order valence-corrected chi connectivity index (χ0v) is 10.8. The zero-order valence-electron chi connectivity index (χ0n) is 10.8. The number of urea groups is 1. The van der Waals surface area contributed by atoms with E-state index in [0.717, 1.165) is 12.8 Å². The van der Waals surface area contributed by atoms with Gasteiger partial charge in [-0.3, -0.25) is 0 Å². The molecule has 7 nitrogen and oxygen atoms in total. The molecule has 1 aromatic heterocycles. The fourth-order valence-electron chi connectivity index (χ4n) is 2.15. The Hall–Kier alpha value is -2.02. The second kappa shape index (κ2) is 5.31. The molecule has 1 saturated heterocycles. The van der Waals surface area contributed by atoms with Crippen molar-refractivity contribution >= 4 is 17.7 Å². The molecule has 5 N–H and O–H groups in total. The fourth-order valence-corrected chi connectivity index (χ4v) is 2.15. The van der Waals surface area contributed by atoms with E-state index in [2.05, 4.69) is 10.3 Å². The normalized spacial score (nSPS) is 16.4. The van der Waals surface area contributed by atoms with E-state index < -0.39 is 5.97 Å². The molecule has 1 aromatic rings. The average Bonchev–Trinajstić information content (AvgIpc) is 2.71. The van der Waals surface area contributed by atoms with Gasteiger partial charge in [0.2, 0.25) is 0 Å². The lowest BCUT2D eigenvalue weighted by atomic mass is 10.1. The van der Waals surface area contributed by atoms with Gasteiger partial charge in [-0.15, -0.1) is 0 Å². The highest BCUT2D eigenvalue weighted by atomic mass is 16.4. The Bertz CT molecular complexity index is 489. The lowest BCUT2D eigenvalue weighted by Gasteiger charge is -2.30. The van der Waals surface area contributed by atoms with Crippen molar-refractivity contribution in [3.8, 4) is 0 Å². The van der Waals surface area contributed by atoms with Crippen LogP contribution in [0.25, 0.3) is 0 Å². The maximum Gasteiger partial charge on any atom is 0.354 e. The predicted molar refractivity (Wildman–Crippen MR) is 70.3 cm³/mol. The number of aryl methyl sites for hydroxylation is 1. The topological polar surface area (TPSA) is 111 Å². The highest BCUT2D eigenvalue weighted by Gasteiger charge is 2.22. The zero-order chi connectivity index (χ0) is 14.0. The number of anilines is 1. The number of amides is 2. The van der Waals surface area contributed by atoms with E-state index in [1.165, 1.54) is 0 Å². The summed E-state index contributed by atoms with van der Waals surface area (Å²) < 4.78 is 0. The maximum atomic E-state index is 12.0. The molecule has 1 aliphatic heterocycles. The van der Waals surface area contributed by atoms with Crippen molar-refractivity contribution in [1.29, 1.82) is 0 Å². The third-order valence-corrected chi connectivity index (χ3v) is 3.23. The Morgan fingerprint density at radius 2 is 2.11 bits per heavy atom. The number of nitrogens with one attached hydrogen (secondary N) is 2. The third-order valence-electron chi connectivity index (χ3n) is 3.23. The van der Waals surface area contributed by atoms with Crippen LogP contribution in [0.1, 0.15) is 29.0 Å². The largest absolute Gasteiger partial charge is 0.477 e. The number of hydrogen-bond donors (Lipinski definition) is 4. The quantitative estimate of drug-likeness (QED) is 0.639. The van der Waals surface area contributed by atoms with Crippen molar-refractivity contribution in [3.63, 3.8) is 0 Å². The first-order valence-electron chi connectivity index (χ1n) is 6.22. The minimum Gasteiger partial charge on any atom is -0.477 e. The van der Waals surface area contributed by atoms with Crippen LogP contribution in [0.5, 0.6) is 0 Å². The van der Waals surface area contributed by atoms with Crippen molar-refractivity contribution in [1.82, 2.24) is 9.88 Å². The van der Waals surface area contributed by atoms with Gasteiger partial charge in [0.1, 0.15) is 5.69 Å². The molecule has 1 aliphatic rings.